The van der Waals surface area contributed by atoms with E-state index in [1.165, 1.54) is 0 Å². The number of likely N-dealkylation sites (N-methyl/N-ethyl adjacent to an activating group) is 1. The van der Waals surface area contributed by atoms with Gasteiger partial charge in [0, 0.05) is 41.8 Å². The molecule has 5 heterocycles. The molecule has 3 unspecified atom stereocenters. The third-order valence-corrected chi connectivity index (χ3v) is 6.83. The van der Waals surface area contributed by atoms with Gasteiger partial charge < -0.3 is 20.4 Å². The highest BCUT2D eigenvalue weighted by Crippen LogP contribution is 2.37. The Morgan fingerprint density at radius 1 is 1.19 bits per heavy atom. The van der Waals surface area contributed by atoms with E-state index < -0.39 is 0 Å². The number of hydrogen-bond acceptors (Lipinski definition) is 8. The van der Waals surface area contributed by atoms with Crippen LogP contribution < -0.4 is 21.5 Å². The zero-order chi connectivity index (χ0) is 22.2. The molecular weight excluding hydrogens is 404 g/mol. The third-order valence-electron chi connectivity index (χ3n) is 6.83. The molecule has 172 valence electrons. The third kappa shape index (κ3) is 4.37. The number of nitrogens with one attached hydrogen (secondary N) is 4. The van der Waals surface area contributed by atoms with Gasteiger partial charge in [-0.2, -0.15) is 0 Å². The lowest BCUT2D eigenvalue weighted by atomic mass is 9.97. The molecule has 0 saturated carbocycles. The van der Waals surface area contributed by atoms with E-state index in [0.29, 0.717) is 30.7 Å². The summed E-state index contributed by atoms with van der Waals surface area (Å²) in [7, 11) is 3.91. The molecule has 5 atom stereocenters. The Balaban J connectivity index is 1.33. The lowest BCUT2D eigenvalue weighted by molar-refractivity contribution is -0.136. The van der Waals surface area contributed by atoms with Gasteiger partial charge in [-0.05, 0) is 65.3 Å². The molecule has 32 heavy (non-hydrogen) atoms. The summed E-state index contributed by atoms with van der Waals surface area (Å²) in [4.78, 5) is 26.4. The quantitative estimate of drug-likeness (QED) is 0.542. The van der Waals surface area contributed by atoms with Crippen LogP contribution in [0.25, 0.3) is 10.9 Å². The number of fused-ring (bicyclic) bond motifs is 3. The molecule has 9 heteroatoms. The molecule has 1 amide bonds. The Morgan fingerprint density at radius 3 is 2.66 bits per heavy atom. The van der Waals surface area contributed by atoms with E-state index in [1.807, 2.05) is 37.3 Å². The van der Waals surface area contributed by atoms with Gasteiger partial charge in [0.15, 0.2) is 0 Å². The van der Waals surface area contributed by atoms with Crippen LogP contribution in [-0.4, -0.2) is 76.6 Å². The highest BCUT2D eigenvalue weighted by molar-refractivity contribution is 5.91. The van der Waals surface area contributed by atoms with Crippen LogP contribution in [0.4, 0.5) is 11.6 Å². The van der Waals surface area contributed by atoms with E-state index in [2.05, 4.69) is 44.4 Å². The average molecular weight is 439 g/mol. The molecule has 0 radical (unpaired) electrons. The van der Waals surface area contributed by atoms with Crippen LogP contribution in [0.15, 0.2) is 24.4 Å². The molecule has 4 N–H and O–H groups in total. The largest absolute Gasteiger partial charge is 0.367 e. The van der Waals surface area contributed by atoms with Gasteiger partial charge in [-0.15, -0.1) is 0 Å². The van der Waals surface area contributed by atoms with Gasteiger partial charge in [-0.25, -0.2) is 10.4 Å². The lowest BCUT2D eigenvalue weighted by Crippen LogP contribution is -2.51. The van der Waals surface area contributed by atoms with Crippen molar-refractivity contribution in [1.82, 2.24) is 30.6 Å². The van der Waals surface area contributed by atoms with Gasteiger partial charge in [0.25, 0.3) is 0 Å². The minimum absolute atomic E-state index is 0.133. The molecule has 3 saturated heterocycles. The van der Waals surface area contributed by atoms with Crippen LogP contribution in [0.5, 0.6) is 0 Å². The van der Waals surface area contributed by atoms with Crippen molar-refractivity contribution < 1.29 is 4.79 Å². The minimum Gasteiger partial charge on any atom is -0.367 e. The van der Waals surface area contributed by atoms with Crippen molar-refractivity contribution in [3.8, 4) is 0 Å². The van der Waals surface area contributed by atoms with Gasteiger partial charge in [0.1, 0.15) is 11.6 Å². The van der Waals surface area contributed by atoms with Crippen molar-refractivity contribution in [2.45, 2.75) is 69.4 Å². The molecule has 3 aliphatic heterocycles. The number of anilines is 2. The van der Waals surface area contributed by atoms with Crippen LogP contribution in [-0.2, 0) is 4.79 Å². The fourth-order valence-electron chi connectivity index (χ4n) is 5.49. The molecule has 3 fully saturated rings. The van der Waals surface area contributed by atoms with E-state index >= 15 is 0 Å². The van der Waals surface area contributed by atoms with Crippen molar-refractivity contribution in [3.63, 3.8) is 0 Å². The summed E-state index contributed by atoms with van der Waals surface area (Å²) in [6.45, 7) is 2.64. The summed E-state index contributed by atoms with van der Waals surface area (Å²) >= 11 is 0. The maximum Gasteiger partial charge on any atom is 0.237 e. The SMILES string of the molecule is CC1CC(Nc2cc3ncccc3c(NC3C[C@H]4CC[C@@H](C3)N4C(=O)CN(C)C)n2)NN1. The van der Waals surface area contributed by atoms with Crippen molar-refractivity contribution in [3.05, 3.63) is 24.4 Å². The molecule has 2 bridgehead atoms. The number of aromatic nitrogens is 2. The molecule has 3 aliphatic rings. The Bertz CT molecular complexity index is 968. The fraction of sp³-hybridized carbons (Fsp3) is 0.609. The first-order chi connectivity index (χ1) is 15.5. The molecule has 2 aromatic rings. The van der Waals surface area contributed by atoms with Gasteiger partial charge in [-0.1, -0.05) is 0 Å². The molecule has 0 aliphatic carbocycles. The second-order valence-electron chi connectivity index (χ2n) is 9.78. The molecule has 0 aromatic carbocycles. The highest BCUT2D eigenvalue weighted by atomic mass is 16.2. The summed E-state index contributed by atoms with van der Waals surface area (Å²) in [6, 6.07) is 7.39. The first-order valence-corrected chi connectivity index (χ1v) is 11.7. The number of rotatable bonds is 6. The predicted octanol–water partition coefficient (Wildman–Crippen LogP) is 1.75. The maximum absolute atomic E-state index is 12.8. The molecule has 0 spiro atoms. The Kier molecular flexibility index (Phi) is 5.88. The number of carbonyl (C=O) groups is 1. The standard InChI is InChI=1S/C23H34N8O/c1-14-9-21(29-28-14)26-20-12-19-18(5-4-8-24-19)23(27-20)25-15-10-16-6-7-17(11-15)31(16)22(32)13-30(2)3/h4-5,8,12,14-17,21,28-29H,6-7,9-11,13H2,1-3H3,(H2,25,26,27)/t14?,15?,16-,17+,21?. The van der Waals surface area contributed by atoms with Crippen molar-refractivity contribution in [2.24, 2.45) is 0 Å². The zero-order valence-electron chi connectivity index (χ0n) is 19.1. The predicted molar refractivity (Wildman–Crippen MR) is 126 cm³/mol. The number of amides is 1. The van der Waals surface area contributed by atoms with E-state index in [1.54, 1.807) is 0 Å². The Labute approximate surface area is 189 Å². The molecule has 2 aromatic heterocycles. The number of nitrogens with zero attached hydrogens (tertiary/aromatic N) is 4. The van der Waals surface area contributed by atoms with Gasteiger partial charge in [0.2, 0.25) is 5.91 Å². The van der Waals surface area contributed by atoms with Crippen LogP contribution in [0.3, 0.4) is 0 Å². The summed E-state index contributed by atoms with van der Waals surface area (Å²) in [6.07, 6.45) is 7.05. The molecular formula is C23H34N8O. The van der Waals surface area contributed by atoms with E-state index in [-0.39, 0.29) is 12.1 Å². The van der Waals surface area contributed by atoms with Gasteiger partial charge in [-0.3, -0.25) is 15.2 Å². The van der Waals surface area contributed by atoms with E-state index in [9.17, 15) is 4.79 Å². The van der Waals surface area contributed by atoms with Crippen LogP contribution >= 0.6 is 0 Å². The summed E-state index contributed by atoms with van der Waals surface area (Å²) in [5.74, 6) is 1.94. The number of carbonyl (C=O) groups excluding carboxylic acids is 1. The van der Waals surface area contributed by atoms with Gasteiger partial charge >= 0.3 is 0 Å². The zero-order valence-corrected chi connectivity index (χ0v) is 19.1. The second kappa shape index (κ2) is 8.80. The highest BCUT2D eigenvalue weighted by Gasteiger charge is 2.43. The lowest BCUT2D eigenvalue weighted by Gasteiger charge is -2.40. The minimum atomic E-state index is 0.133. The fourth-order valence-corrected chi connectivity index (χ4v) is 5.49. The summed E-state index contributed by atoms with van der Waals surface area (Å²) < 4.78 is 0. The van der Waals surface area contributed by atoms with Crippen molar-refractivity contribution in [1.29, 1.82) is 0 Å². The number of piperidine rings is 1. The first kappa shape index (κ1) is 21.4. The summed E-state index contributed by atoms with van der Waals surface area (Å²) in [5, 5.41) is 8.24. The van der Waals surface area contributed by atoms with Crippen molar-refractivity contribution in [2.75, 3.05) is 31.3 Å². The first-order valence-electron chi connectivity index (χ1n) is 11.7. The van der Waals surface area contributed by atoms with Crippen molar-refractivity contribution >= 4 is 28.4 Å². The molecule has 9 nitrogen and oxygen atoms in total. The number of hydrazine groups is 1. The normalized spacial score (nSPS) is 29.6. The van der Waals surface area contributed by atoms with E-state index in [4.69, 9.17) is 4.98 Å². The number of pyridine rings is 2. The Morgan fingerprint density at radius 2 is 1.97 bits per heavy atom. The van der Waals surface area contributed by atoms with Crippen LogP contribution in [0, 0.1) is 0 Å². The van der Waals surface area contributed by atoms with Gasteiger partial charge in [0.05, 0.1) is 18.2 Å². The second-order valence-corrected chi connectivity index (χ2v) is 9.78. The average Bonchev–Trinajstić information content (AvgIpc) is 3.27. The monoisotopic (exact) mass is 438 g/mol. The van der Waals surface area contributed by atoms with E-state index in [0.717, 1.165) is 54.6 Å². The smallest absolute Gasteiger partial charge is 0.237 e. The number of hydrogen-bond donors (Lipinski definition) is 4. The summed E-state index contributed by atoms with van der Waals surface area (Å²) in [5.41, 5.74) is 7.44. The van der Waals surface area contributed by atoms with Crippen LogP contribution in [0.1, 0.15) is 39.0 Å². The molecule has 5 rings (SSSR count). The Hall–Kier alpha value is -2.49. The maximum atomic E-state index is 12.8. The topological polar surface area (TPSA) is 97.5 Å². The van der Waals surface area contributed by atoms with Crippen LogP contribution in [0.2, 0.25) is 0 Å².